The highest BCUT2D eigenvalue weighted by molar-refractivity contribution is 6.10. The fraction of sp³-hybridized carbons (Fsp3) is 0.122. The number of aromatic nitrogens is 4. The molecule has 53 heavy (non-hydrogen) atoms. The van der Waals surface area contributed by atoms with Gasteiger partial charge in [0, 0.05) is 59.1 Å². The monoisotopic (exact) mass is 704 g/mol. The van der Waals surface area contributed by atoms with Crippen molar-refractivity contribution >= 4 is 56.6 Å². The smallest absolute Gasteiger partial charge is 0.255 e. The molecule has 2 aromatic heterocycles. The second-order valence-corrected chi connectivity index (χ2v) is 12.1. The van der Waals surface area contributed by atoms with Gasteiger partial charge in [-0.3, -0.25) is 9.59 Å². The molecule has 0 unspecified atom stereocenters. The molecular formula is C41H36N8O4. The molecule has 0 spiro atoms. The fourth-order valence-electron chi connectivity index (χ4n) is 6.06. The number of anilines is 4. The highest BCUT2D eigenvalue weighted by atomic mass is 16.5. The quantitative estimate of drug-likeness (QED) is 0.107. The maximum absolute atomic E-state index is 13.8. The van der Waals surface area contributed by atoms with Crippen molar-refractivity contribution in [3.8, 4) is 34.0 Å². The SMILES string of the molecule is CNc1nccc(-c2cc(NC(=O)Cc3cc(-c4cc(NC(=O)c5ccccc5)c5cc(OC)ccc5c4)nc(NC)n3)c3cc(OC)ccc3c2)n1. The molecule has 264 valence electrons. The summed E-state index contributed by atoms with van der Waals surface area (Å²) in [6, 6.07) is 31.8. The zero-order chi connectivity index (χ0) is 36.9. The van der Waals surface area contributed by atoms with Gasteiger partial charge in [-0.05, 0) is 83.6 Å². The van der Waals surface area contributed by atoms with Crippen LogP contribution < -0.4 is 30.7 Å². The highest BCUT2D eigenvalue weighted by Gasteiger charge is 2.17. The van der Waals surface area contributed by atoms with Crippen molar-refractivity contribution in [1.29, 1.82) is 0 Å². The number of ether oxygens (including phenoxy) is 2. The van der Waals surface area contributed by atoms with Gasteiger partial charge in [0.1, 0.15) is 11.5 Å². The van der Waals surface area contributed by atoms with Crippen molar-refractivity contribution in [2.24, 2.45) is 0 Å². The highest BCUT2D eigenvalue weighted by Crippen LogP contribution is 2.35. The van der Waals surface area contributed by atoms with E-state index in [0.717, 1.165) is 32.7 Å². The first-order chi connectivity index (χ1) is 25.8. The summed E-state index contributed by atoms with van der Waals surface area (Å²) in [7, 11) is 6.69. The van der Waals surface area contributed by atoms with Crippen molar-refractivity contribution in [3.05, 3.63) is 121 Å². The summed E-state index contributed by atoms with van der Waals surface area (Å²) < 4.78 is 11.0. The maximum atomic E-state index is 13.8. The number of carbonyl (C=O) groups excluding carboxylic acids is 2. The van der Waals surface area contributed by atoms with E-state index in [-0.39, 0.29) is 18.2 Å². The third kappa shape index (κ3) is 7.52. The van der Waals surface area contributed by atoms with E-state index in [4.69, 9.17) is 14.5 Å². The summed E-state index contributed by atoms with van der Waals surface area (Å²) in [5.41, 5.74) is 5.00. The molecule has 2 amide bonds. The van der Waals surface area contributed by atoms with Crippen LogP contribution >= 0.6 is 0 Å². The maximum Gasteiger partial charge on any atom is 0.255 e. The molecule has 0 aliphatic heterocycles. The van der Waals surface area contributed by atoms with Crippen molar-refractivity contribution in [2.45, 2.75) is 6.42 Å². The summed E-state index contributed by atoms with van der Waals surface area (Å²) in [5, 5.41) is 15.5. The summed E-state index contributed by atoms with van der Waals surface area (Å²) in [6.45, 7) is 0. The Morgan fingerprint density at radius 1 is 0.623 bits per heavy atom. The van der Waals surface area contributed by atoms with Crippen LogP contribution in [0, 0.1) is 0 Å². The predicted molar refractivity (Wildman–Crippen MR) is 209 cm³/mol. The molecule has 7 aromatic rings. The number of rotatable bonds is 11. The van der Waals surface area contributed by atoms with E-state index >= 15 is 0 Å². The Balaban J connectivity index is 1.23. The van der Waals surface area contributed by atoms with E-state index in [1.165, 1.54) is 0 Å². The van der Waals surface area contributed by atoms with E-state index in [1.807, 2.05) is 84.9 Å². The van der Waals surface area contributed by atoms with Gasteiger partial charge in [0.05, 0.1) is 37.7 Å². The number of nitrogens with one attached hydrogen (secondary N) is 4. The molecule has 2 heterocycles. The molecule has 0 aliphatic carbocycles. The van der Waals surface area contributed by atoms with Crippen LogP contribution in [0.1, 0.15) is 16.1 Å². The molecule has 12 nitrogen and oxygen atoms in total. The minimum atomic E-state index is -0.280. The van der Waals surface area contributed by atoms with Crippen LogP contribution in [0.15, 0.2) is 109 Å². The Morgan fingerprint density at radius 3 is 1.85 bits per heavy atom. The standard InChI is InChI=1S/C41H36N8O4/c1-42-40-44-15-14-34(48-40)27-16-25-10-12-30(52-3)22-32(25)36(18-27)46-38(50)21-29-20-35(49-41(43-2)45-29)28-17-26-11-13-31(53-4)23-33(26)37(19-28)47-39(51)24-8-6-5-7-9-24/h5-20,22-23H,21H2,1-4H3,(H,46,50)(H,47,51)(H,42,44,48)(H,43,45,49). The molecule has 0 atom stereocenters. The Morgan fingerprint density at radius 2 is 1.23 bits per heavy atom. The van der Waals surface area contributed by atoms with E-state index < -0.39 is 0 Å². The second-order valence-electron chi connectivity index (χ2n) is 12.1. The zero-order valence-electron chi connectivity index (χ0n) is 29.5. The Hall–Kier alpha value is -7.08. The van der Waals surface area contributed by atoms with Crippen molar-refractivity contribution in [2.75, 3.05) is 49.6 Å². The van der Waals surface area contributed by atoms with Gasteiger partial charge in [-0.2, -0.15) is 0 Å². The minimum absolute atomic E-state index is 0.0420. The van der Waals surface area contributed by atoms with Gasteiger partial charge in [-0.1, -0.05) is 30.3 Å². The number of hydrogen-bond acceptors (Lipinski definition) is 10. The van der Waals surface area contributed by atoms with Gasteiger partial charge >= 0.3 is 0 Å². The predicted octanol–water partition coefficient (Wildman–Crippen LogP) is 7.44. The van der Waals surface area contributed by atoms with Gasteiger partial charge in [0.2, 0.25) is 17.8 Å². The third-order valence-electron chi connectivity index (χ3n) is 8.70. The van der Waals surface area contributed by atoms with Crippen LogP contribution in [0.3, 0.4) is 0 Å². The minimum Gasteiger partial charge on any atom is -0.497 e. The van der Waals surface area contributed by atoms with Crippen LogP contribution in [0.25, 0.3) is 44.1 Å². The molecule has 5 aromatic carbocycles. The number of fused-ring (bicyclic) bond motifs is 2. The Labute approximate surface area is 305 Å². The van der Waals surface area contributed by atoms with Crippen LogP contribution in [-0.2, 0) is 11.2 Å². The fourth-order valence-corrected chi connectivity index (χ4v) is 6.06. The number of carbonyl (C=O) groups is 2. The van der Waals surface area contributed by atoms with Gasteiger partial charge in [0.15, 0.2) is 0 Å². The van der Waals surface area contributed by atoms with Crippen LogP contribution in [-0.4, -0.2) is 60.1 Å². The molecule has 4 N–H and O–H groups in total. The Bertz CT molecular complexity index is 2490. The summed E-state index contributed by atoms with van der Waals surface area (Å²) in [5.74, 6) is 1.62. The lowest BCUT2D eigenvalue weighted by Gasteiger charge is -2.15. The van der Waals surface area contributed by atoms with Gasteiger partial charge in [-0.25, -0.2) is 19.9 Å². The summed E-state index contributed by atoms with van der Waals surface area (Å²) >= 11 is 0. The topological polar surface area (TPSA) is 152 Å². The average Bonchev–Trinajstić information content (AvgIpc) is 3.20. The van der Waals surface area contributed by atoms with Gasteiger partial charge in [-0.15, -0.1) is 0 Å². The number of nitrogens with zero attached hydrogens (tertiary/aromatic N) is 4. The van der Waals surface area contributed by atoms with Crippen LogP contribution in [0.5, 0.6) is 11.5 Å². The molecule has 0 saturated heterocycles. The number of methoxy groups -OCH3 is 2. The van der Waals surface area contributed by atoms with E-state index in [0.29, 0.717) is 57.4 Å². The largest absolute Gasteiger partial charge is 0.497 e. The zero-order valence-corrected chi connectivity index (χ0v) is 29.5. The van der Waals surface area contributed by atoms with Crippen molar-refractivity contribution < 1.29 is 19.1 Å². The molecule has 12 heteroatoms. The van der Waals surface area contributed by atoms with E-state index in [2.05, 4.69) is 36.2 Å². The lowest BCUT2D eigenvalue weighted by Crippen LogP contribution is -2.16. The molecular weight excluding hydrogens is 669 g/mol. The molecule has 0 radical (unpaired) electrons. The normalized spacial score (nSPS) is 10.9. The first kappa shape index (κ1) is 34.4. The number of benzene rings is 5. The Kier molecular flexibility index (Phi) is 9.75. The second kappa shape index (κ2) is 15.0. The first-order valence-corrected chi connectivity index (χ1v) is 16.8. The molecule has 7 rings (SSSR count). The van der Waals surface area contributed by atoms with E-state index in [1.54, 1.807) is 52.7 Å². The van der Waals surface area contributed by atoms with Gasteiger partial charge < -0.3 is 30.7 Å². The molecule has 0 bridgehead atoms. The lowest BCUT2D eigenvalue weighted by molar-refractivity contribution is -0.115. The van der Waals surface area contributed by atoms with Crippen molar-refractivity contribution in [3.63, 3.8) is 0 Å². The molecule has 0 fully saturated rings. The van der Waals surface area contributed by atoms with Crippen LogP contribution in [0.4, 0.5) is 23.3 Å². The van der Waals surface area contributed by atoms with Gasteiger partial charge in [0.25, 0.3) is 5.91 Å². The summed E-state index contributed by atoms with van der Waals surface area (Å²) in [4.78, 5) is 45.3. The first-order valence-electron chi connectivity index (χ1n) is 16.8. The average molecular weight is 705 g/mol. The van der Waals surface area contributed by atoms with Crippen LogP contribution in [0.2, 0.25) is 0 Å². The molecule has 0 aliphatic rings. The van der Waals surface area contributed by atoms with E-state index in [9.17, 15) is 9.59 Å². The number of amides is 2. The number of hydrogen-bond donors (Lipinski definition) is 4. The summed E-state index contributed by atoms with van der Waals surface area (Å²) in [6.07, 6.45) is 1.64. The molecule has 0 saturated carbocycles. The lowest BCUT2D eigenvalue weighted by atomic mass is 10.0. The third-order valence-corrected chi connectivity index (χ3v) is 8.70. The van der Waals surface area contributed by atoms with Crippen molar-refractivity contribution in [1.82, 2.24) is 19.9 Å².